The Morgan fingerprint density at radius 3 is 2.88 bits per heavy atom. The van der Waals surface area contributed by atoms with Crippen LogP contribution in [0.15, 0.2) is 29.1 Å². The van der Waals surface area contributed by atoms with E-state index in [0.29, 0.717) is 18.2 Å². The average Bonchev–Trinajstić information content (AvgIpc) is 3.36. The van der Waals surface area contributed by atoms with Crippen molar-refractivity contribution in [3.8, 4) is 0 Å². The van der Waals surface area contributed by atoms with E-state index < -0.39 is 0 Å². The van der Waals surface area contributed by atoms with Crippen LogP contribution in [0.1, 0.15) is 37.3 Å². The monoisotopic (exact) mass is 472 g/mol. The molecule has 0 radical (unpaired) electrons. The predicted molar refractivity (Wildman–Crippen MR) is 136 cm³/mol. The van der Waals surface area contributed by atoms with Crippen molar-refractivity contribution >= 4 is 28.2 Å². The summed E-state index contributed by atoms with van der Waals surface area (Å²) in [6.07, 6.45) is 4.34. The normalized spacial score (nSPS) is 19.1. The quantitative estimate of drug-likeness (QED) is 0.544. The number of rotatable bonds is 9. The van der Waals surface area contributed by atoms with Crippen LogP contribution in [0.25, 0.3) is 10.9 Å². The molecule has 2 aliphatic heterocycles. The molecule has 2 aliphatic rings. The molecule has 0 bridgehead atoms. The summed E-state index contributed by atoms with van der Waals surface area (Å²) >= 11 is 5.77. The molecule has 2 saturated heterocycles. The smallest absolute Gasteiger partial charge is 0.253 e. The Hall–Kier alpha value is -2.00. The molecule has 2 N–H and O–H groups in total. The topological polar surface area (TPSA) is 69.8 Å². The minimum atomic E-state index is -0.0492. The van der Waals surface area contributed by atoms with Gasteiger partial charge < -0.3 is 24.7 Å². The van der Waals surface area contributed by atoms with Gasteiger partial charge in [0.1, 0.15) is 0 Å². The molecule has 0 aliphatic carbocycles. The van der Waals surface area contributed by atoms with E-state index in [0.717, 1.165) is 88.1 Å². The Balaban J connectivity index is 1.45. The summed E-state index contributed by atoms with van der Waals surface area (Å²) in [5.74, 6) is 0. The largest absolute Gasteiger partial charge is 0.379 e. The Morgan fingerprint density at radius 2 is 2.12 bits per heavy atom. The number of aromatic nitrogens is 1. The first-order chi connectivity index (χ1) is 16.1. The maximum absolute atomic E-state index is 12.8. The van der Waals surface area contributed by atoms with Gasteiger partial charge >= 0.3 is 0 Å². The molecule has 33 heavy (non-hydrogen) atoms. The Labute approximate surface area is 201 Å². The van der Waals surface area contributed by atoms with Crippen molar-refractivity contribution in [1.82, 2.24) is 20.1 Å². The Bertz CT molecular complexity index is 983. The third-order valence-corrected chi connectivity index (χ3v) is 6.96. The molecule has 1 aromatic heterocycles. The number of H-pyrrole nitrogens is 1. The number of aromatic amines is 1. The van der Waals surface area contributed by atoms with Gasteiger partial charge in [-0.05, 0) is 67.0 Å². The van der Waals surface area contributed by atoms with E-state index in [9.17, 15) is 4.79 Å². The summed E-state index contributed by atoms with van der Waals surface area (Å²) in [7, 11) is 0. The molecule has 8 heteroatoms. The van der Waals surface area contributed by atoms with E-state index in [2.05, 4.69) is 39.2 Å². The molecular formula is C25H36N4O3S. The second-order valence-electron chi connectivity index (χ2n) is 8.95. The van der Waals surface area contributed by atoms with Gasteiger partial charge in [-0.15, -0.1) is 0 Å². The summed E-state index contributed by atoms with van der Waals surface area (Å²) in [6.45, 7) is 9.53. The summed E-state index contributed by atoms with van der Waals surface area (Å²) < 4.78 is 11.2. The van der Waals surface area contributed by atoms with Crippen molar-refractivity contribution in [1.29, 1.82) is 0 Å². The van der Waals surface area contributed by atoms with Gasteiger partial charge in [0.15, 0.2) is 5.11 Å². The Kier molecular flexibility index (Phi) is 8.72. The highest BCUT2D eigenvalue weighted by Crippen LogP contribution is 2.16. The van der Waals surface area contributed by atoms with Gasteiger partial charge in [-0.3, -0.25) is 9.69 Å². The standard InChI is InChI=1S/C25H36N4O3S/c1-2-19-6-7-23-20(15-19)16-21(24(30)27-23)18-29(9-4-8-28-10-13-31-14-11-28)25(33)26-17-22-5-3-12-32-22/h6-7,15-16,22H,2-5,8-14,17-18H2,1H3,(H,26,33)(H,27,30). The number of nitrogens with one attached hydrogen (secondary N) is 2. The van der Waals surface area contributed by atoms with Crippen molar-refractivity contribution in [2.75, 3.05) is 52.5 Å². The molecule has 7 nitrogen and oxygen atoms in total. The van der Waals surface area contributed by atoms with Crippen LogP contribution in [0.5, 0.6) is 0 Å². The van der Waals surface area contributed by atoms with E-state index in [1.807, 2.05) is 12.1 Å². The maximum atomic E-state index is 12.8. The van der Waals surface area contributed by atoms with Crippen molar-refractivity contribution in [2.45, 2.75) is 45.3 Å². The van der Waals surface area contributed by atoms with Crippen molar-refractivity contribution in [2.24, 2.45) is 0 Å². The van der Waals surface area contributed by atoms with Gasteiger partial charge in [0.2, 0.25) is 0 Å². The van der Waals surface area contributed by atoms with Crippen LogP contribution in [0.4, 0.5) is 0 Å². The molecule has 1 atom stereocenters. The summed E-state index contributed by atoms with van der Waals surface area (Å²) in [4.78, 5) is 20.5. The number of fused-ring (bicyclic) bond motifs is 1. The molecule has 1 aromatic carbocycles. The minimum Gasteiger partial charge on any atom is -0.379 e. The first-order valence-corrected chi connectivity index (χ1v) is 12.6. The lowest BCUT2D eigenvalue weighted by Gasteiger charge is -2.30. The highest BCUT2D eigenvalue weighted by atomic mass is 32.1. The SMILES string of the molecule is CCc1ccc2[nH]c(=O)c(CN(CCCN3CCOCC3)C(=S)NCC3CCCO3)cc2c1. The fourth-order valence-electron chi connectivity index (χ4n) is 4.52. The number of hydrogen-bond acceptors (Lipinski definition) is 5. The first kappa shape index (κ1) is 24.1. The first-order valence-electron chi connectivity index (χ1n) is 12.2. The third kappa shape index (κ3) is 6.76. The number of aryl methyl sites for hydroxylation is 1. The number of hydrogen-bond donors (Lipinski definition) is 2. The lowest BCUT2D eigenvalue weighted by molar-refractivity contribution is 0.0367. The van der Waals surface area contributed by atoms with Crippen molar-refractivity contribution < 1.29 is 9.47 Å². The van der Waals surface area contributed by atoms with E-state index in [-0.39, 0.29) is 11.7 Å². The Morgan fingerprint density at radius 1 is 1.27 bits per heavy atom. The van der Waals surface area contributed by atoms with Gasteiger partial charge in [-0.2, -0.15) is 0 Å². The van der Waals surface area contributed by atoms with Crippen LogP contribution in [-0.2, 0) is 22.4 Å². The molecule has 0 saturated carbocycles. The molecule has 3 heterocycles. The lowest BCUT2D eigenvalue weighted by Crippen LogP contribution is -2.44. The molecule has 4 rings (SSSR count). The molecule has 2 fully saturated rings. The number of thiocarbonyl (C=S) groups is 1. The predicted octanol–water partition coefficient (Wildman–Crippen LogP) is 2.67. The summed E-state index contributed by atoms with van der Waals surface area (Å²) in [5.41, 5.74) is 2.82. The zero-order chi connectivity index (χ0) is 23.0. The second-order valence-corrected chi connectivity index (χ2v) is 9.34. The molecular weight excluding hydrogens is 436 g/mol. The van der Waals surface area contributed by atoms with E-state index >= 15 is 0 Å². The maximum Gasteiger partial charge on any atom is 0.253 e. The number of morpholine rings is 1. The lowest BCUT2D eigenvalue weighted by atomic mass is 10.1. The van der Waals surface area contributed by atoms with Crippen LogP contribution in [0, 0.1) is 0 Å². The molecule has 0 spiro atoms. The molecule has 2 aromatic rings. The highest BCUT2D eigenvalue weighted by Gasteiger charge is 2.19. The van der Waals surface area contributed by atoms with Gasteiger partial charge in [-0.1, -0.05) is 13.0 Å². The van der Waals surface area contributed by atoms with Crippen LogP contribution < -0.4 is 10.9 Å². The summed E-state index contributed by atoms with van der Waals surface area (Å²) in [6, 6.07) is 8.24. The number of pyridine rings is 1. The molecule has 1 unspecified atom stereocenters. The van der Waals surface area contributed by atoms with Crippen molar-refractivity contribution in [3.05, 3.63) is 45.7 Å². The van der Waals surface area contributed by atoms with Crippen molar-refractivity contribution in [3.63, 3.8) is 0 Å². The number of ether oxygens (including phenoxy) is 2. The van der Waals surface area contributed by atoms with Gasteiger partial charge in [0, 0.05) is 50.4 Å². The van der Waals surface area contributed by atoms with Crippen LogP contribution in [0.3, 0.4) is 0 Å². The van der Waals surface area contributed by atoms with Gasteiger partial charge in [0.05, 0.1) is 25.9 Å². The van der Waals surface area contributed by atoms with Crippen LogP contribution in [-0.4, -0.2) is 78.5 Å². The fourth-order valence-corrected chi connectivity index (χ4v) is 4.76. The van der Waals surface area contributed by atoms with E-state index in [1.54, 1.807) is 0 Å². The molecule has 180 valence electrons. The number of benzene rings is 1. The minimum absolute atomic E-state index is 0.0492. The van der Waals surface area contributed by atoms with Gasteiger partial charge in [-0.25, -0.2) is 0 Å². The van der Waals surface area contributed by atoms with Gasteiger partial charge in [0.25, 0.3) is 5.56 Å². The summed E-state index contributed by atoms with van der Waals surface area (Å²) in [5, 5.41) is 5.15. The third-order valence-electron chi connectivity index (χ3n) is 6.55. The van der Waals surface area contributed by atoms with Crippen LogP contribution in [0.2, 0.25) is 0 Å². The second kappa shape index (κ2) is 11.9. The zero-order valence-electron chi connectivity index (χ0n) is 19.6. The highest BCUT2D eigenvalue weighted by molar-refractivity contribution is 7.80. The fraction of sp³-hybridized carbons (Fsp3) is 0.600. The number of nitrogens with zero attached hydrogens (tertiary/aromatic N) is 2. The average molecular weight is 473 g/mol. The van der Waals surface area contributed by atoms with E-state index in [4.69, 9.17) is 21.7 Å². The van der Waals surface area contributed by atoms with E-state index in [1.165, 1.54) is 5.56 Å². The molecule has 0 amide bonds. The zero-order valence-corrected chi connectivity index (χ0v) is 20.4. The van der Waals surface area contributed by atoms with Crippen LogP contribution >= 0.6 is 12.2 Å².